The number of fused-ring (bicyclic) bond motifs is 6. The van der Waals surface area contributed by atoms with Crippen LogP contribution in [0, 0.1) is 0 Å². The Morgan fingerprint density at radius 3 is 1.71 bits per heavy atom. The van der Waals surface area contributed by atoms with Gasteiger partial charge in [-0.05, 0) is 61.7 Å². The van der Waals surface area contributed by atoms with E-state index in [1.54, 1.807) is 0 Å². The van der Waals surface area contributed by atoms with Crippen LogP contribution in [0.3, 0.4) is 0 Å². The topological polar surface area (TPSA) is 0 Å². The quantitative estimate of drug-likeness (QED) is 0.289. The Balaban J connectivity index is 1.73. The maximum Gasteiger partial charge on any atom is 0.0453 e. The zero-order valence-corrected chi connectivity index (χ0v) is 19.1. The highest BCUT2D eigenvalue weighted by Crippen LogP contribution is 2.57. The maximum atomic E-state index is 6.85. The van der Waals surface area contributed by atoms with E-state index in [1.807, 2.05) is 0 Å². The van der Waals surface area contributed by atoms with E-state index in [2.05, 4.69) is 107 Å². The van der Waals surface area contributed by atoms with Gasteiger partial charge in [-0.3, -0.25) is 0 Å². The van der Waals surface area contributed by atoms with Gasteiger partial charge in [0, 0.05) is 15.9 Å². The van der Waals surface area contributed by atoms with E-state index in [4.69, 9.17) is 11.6 Å². The molecule has 0 amide bonds. The van der Waals surface area contributed by atoms with Crippen LogP contribution in [0.4, 0.5) is 0 Å². The van der Waals surface area contributed by atoms with E-state index in [1.165, 1.54) is 55.6 Å². The van der Waals surface area contributed by atoms with Gasteiger partial charge in [0.25, 0.3) is 0 Å². The lowest BCUT2D eigenvalue weighted by Crippen LogP contribution is -2.15. The Labute approximate surface area is 189 Å². The Morgan fingerprint density at radius 1 is 0.484 bits per heavy atom. The van der Waals surface area contributed by atoms with Crippen LogP contribution < -0.4 is 0 Å². The van der Waals surface area contributed by atoms with Gasteiger partial charge in [-0.25, -0.2) is 0 Å². The summed E-state index contributed by atoms with van der Waals surface area (Å²) in [6.45, 7) is 9.26. The molecule has 0 aromatic heterocycles. The van der Waals surface area contributed by atoms with Gasteiger partial charge in [-0.2, -0.15) is 0 Å². The zero-order chi connectivity index (χ0) is 21.5. The predicted molar refractivity (Wildman–Crippen MR) is 132 cm³/mol. The largest absolute Gasteiger partial charge is 0.0840 e. The molecule has 0 heterocycles. The Bertz CT molecular complexity index is 1390. The summed E-state index contributed by atoms with van der Waals surface area (Å²) in [7, 11) is 0. The SMILES string of the molecule is CC1(C)c2ccccc2-c2c(-c3ccc(Cl)c4c3-c3ccccc3C4(C)C)cccc21. The molecule has 4 aromatic rings. The Kier molecular flexibility index (Phi) is 3.73. The minimum atomic E-state index is -0.117. The predicted octanol–water partition coefficient (Wildman–Crippen LogP) is 8.62. The van der Waals surface area contributed by atoms with E-state index in [9.17, 15) is 0 Å². The van der Waals surface area contributed by atoms with Crippen LogP contribution in [0.5, 0.6) is 0 Å². The van der Waals surface area contributed by atoms with Crippen molar-refractivity contribution in [1.29, 1.82) is 0 Å². The average Bonchev–Trinajstić information content (AvgIpc) is 3.15. The normalized spacial score (nSPS) is 16.4. The second-order valence-electron chi connectivity index (χ2n) is 9.91. The van der Waals surface area contributed by atoms with Crippen LogP contribution in [0.25, 0.3) is 33.4 Å². The molecule has 0 fully saturated rings. The number of hydrogen-bond acceptors (Lipinski definition) is 0. The molecule has 0 bridgehead atoms. The molecule has 0 nitrogen and oxygen atoms in total. The minimum absolute atomic E-state index is 0.00525. The van der Waals surface area contributed by atoms with Crippen molar-refractivity contribution < 1.29 is 0 Å². The van der Waals surface area contributed by atoms with Crippen molar-refractivity contribution in [3.8, 4) is 33.4 Å². The lowest BCUT2D eigenvalue weighted by Gasteiger charge is -2.24. The summed E-state index contributed by atoms with van der Waals surface area (Å²) in [5.74, 6) is 0. The van der Waals surface area contributed by atoms with Gasteiger partial charge in [0.05, 0.1) is 0 Å². The molecule has 0 atom stereocenters. The molecule has 6 rings (SSSR count). The lowest BCUT2D eigenvalue weighted by atomic mass is 9.80. The number of hydrogen-bond donors (Lipinski definition) is 0. The monoisotopic (exact) mass is 420 g/mol. The first-order valence-electron chi connectivity index (χ1n) is 11.0. The number of benzene rings is 4. The maximum absolute atomic E-state index is 6.85. The highest BCUT2D eigenvalue weighted by Gasteiger charge is 2.40. The average molecular weight is 421 g/mol. The molecule has 2 aliphatic rings. The third-order valence-corrected chi connectivity index (χ3v) is 7.86. The summed E-state index contributed by atoms with van der Waals surface area (Å²) in [5, 5.41) is 0.855. The van der Waals surface area contributed by atoms with E-state index in [0.717, 1.165) is 5.02 Å². The first kappa shape index (κ1) is 18.9. The summed E-state index contributed by atoms with van der Waals surface area (Å²) in [6, 6.07) is 28.8. The Morgan fingerprint density at radius 2 is 1.00 bits per heavy atom. The second kappa shape index (κ2) is 6.11. The number of halogens is 1. The van der Waals surface area contributed by atoms with Gasteiger partial charge >= 0.3 is 0 Å². The van der Waals surface area contributed by atoms with Crippen molar-refractivity contribution in [1.82, 2.24) is 0 Å². The van der Waals surface area contributed by atoms with Crippen LogP contribution in [-0.4, -0.2) is 0 Å². The van der Waals surface area contributed by atoms with Crippen LogP contribution in [-0.2, 0) is 10.8 Å². The van der Waals surface area contributed by atoms with Gasteiger partial charge < -0.3 is 0 Å². The molecule has 0 saturated heterocycles. The smallest absolute Gasteiger partial charge is 0.0453 e. The molecule has 0 aliphatic heterocycles. The zero-order valence-electron chi connectivity index (χ0n) is 18.4. The second-order valence-corrected chi connectivity index (χ2v) is 10.3. The van der Waals surface area contributed by atoms with Crippen LogP contribution in [0.1, 0.15) is 49.9 Å². The van der Waals surface area contributed by atoms with Gasteiger partial charge in [0.15, 0.2) is 0 Å². The van der Waals surface area contributed by atoms with E-state index in [-0.39, 0.29) is 10.8 Å². The van der Waals surface area contributed by atoms with Crippen molar-refractivity contribution in [2.75, 3.05) is 0 Å². The molecule has 152 valence electrons. The molecular weight excluding hydrogens is 396 g/mol. The fourth-order valence-electron chi connectivity index (χ4n) is 6.05. The Hall–Kier alpha value is -2.83. The van der Waals surface area contributed by atoms with Crippen molar-refractivity contribution in [2.24, 2.45) is 0 Å². The van der Waals surface area contributed by atoms with Crippen LogP contribution >= 0.6 is 11.6 Å². The summed E-state index contributed by atoms with van der Waals surface area (Å²) in [6.07, 6.45) is 0. The molecule has 2 aliphatic carbocycles. The van der Waals surface area contributed by atoms with Gasteiger partial charge in [0.1, 0.15) is 0 Å². The van der Waals surface area contributed by atoms with Crippen LogP contribution in [0.15, 0.2) is 78.9 Å². The molecule has 4 aromatic carbocycles. The van der Waals surface area contributed by atoms with Gasteiger partial charge in [-0.1, -0.05) is 112 Å². The summed E-state index contributed by atoms with van der Waals surface area (Å²) in [5.41, 5.74) is 13.2. The third-order valence-electron chi connectivity index (χ3n) is 7.55. The van der Waals surface area contributed by atoms with E-state index in [0.29, 0.717) is 0 Å². The molecule has 1 heteroatoms. The fraction of sp³-hybridized carbons (Fsp3) is 0.200. The molecule has 31 heavy (non-hydrogen) atoms. The van der Waals surface area contributed by atoms with Gasteiger partial charge in [0.2, 0.25) is 0 Å². The van der Waals surface area contributed by atoms with Crippen molar-refractivity contribution in [3.05, 3.63) is 106 Å². The highest BCUT2D eigenvalue weighted by molar-refractivity contribution is 6.32. The van der Waals surface area contributed by atoms with Crippen molar-refractivity contribution in [2.45, 2.75) is 38.5 Å². The standard InChI is InChI=1S/C30H25Cl/c1-29(2)22-13-7-5-10-20(22)26-18(12-9-15-24(26)29)19-16-17-25(31)28-27(19)21-11-6-8-14-23(21)30(28,3)4/h5-17H,1-4H3. The molecule has 0 N–H and O–H groups in total. The van der Waals surface area contributed by atoms with Gasteiger partial charge in [-0.15, -0.1) is 0 Å². The first-order valence-corrected chi connectivity index (χ1v) is 11.4. The molecule has 0 spiro atoms. The summed E-state index contributed by atoms with van der Waals surface area (Å²) >= 11 is 6.85. The van der Waals surface area contributed by atoms with E-state index >= 15 is 0 Å². The lowest BCUT2D eigenvalue weighted by molar-refractivity contribution is 0.660. The summed E-state index contributed by atoms with van der Waals surface area (Å²) in [4.78, 5) is 0. The van der Waals surface area contributed by atoms with Crippen molar-refractivity contribution >= 4 is 11.6 Å². The molecule has 0 unspecified atom stereocenters. The summed E-state index contributed by atoms with van der Waals surface area (Å²) < 4.78 is 0. The van der Waals surface area contributed by atoms with Crippen LogP contribution in [0.2, 0.25) is 5.02 Å². The fourth-order valence-corrected chi connectivity index (χ4v) is 6.45. The first-order chi connectivity index (χ1) is 14.8. The molecule has 0 radical (unpaired) electrons. The highest BCUT2D eigenvalue weighted by atomic mass is 35.5. The van der Waals surface area contributed by atoms with Crippen molar-refractivity contribution in [3.63, 3.8) is 0 Å². The number of rotatable bonds is 1. The minimum Gasteiger partial charge on any atom is -0.0840 e. The van der Waals surface area contributed by atoms with E-state index < -0.39 is 0 Å². The molecular formula is C30H25Cl. The molecule has 0 saturated carbocycles. The third kappa shape index (κ3) is 2.32.